The minimum atomic E-state index is 0.418. The van der Waals surface area contributed by atoms with E-state index in [-0.39, 0.29) is 0 Å². The lowest BCUT2D eigenvalue weighted by Gasteiger charge is -2.25. The summed E-state index contributed by atoms with van der Waals surface area (Å²) in [6, 6.07) is 11.2. The number of hydrogen-bond donors (Lipinski definition) is 1. The van der Waals surface area contributed by atoms with E-state index in [9.17, 15) is 0 Å². The van der Waals surface area contributed by atoms with Crippen LogP contribution < -0.4 is 5.32 Å². The first-order valence-electron chi connectivity index (χ1n) is 7.47. The summed E-state index contributed by atoms with van der Waals surface area (Å²) in [5, 5.41) is 3.62. The molecule has 0 spiro atoms. The molecular weight excluding hydrogens is 246 g/mol. The molecule has 1 heterocycles. The molecule has 1 aromatic heterocycles. The van der Waals surface area contributed by atoms with Gasteiger partial charge >= 0.3 is 0 Å². The van der Waals surface area contributed by atoms with Crippen molar-refractivity contribution in [1.82, 2.24) is 14.9 Å². The molecule has 0 bridgehead atoms. The molecule has 0 aliphatic carbocycles. The molecule has 2 unspecified atom stereocenters. The average Bonchev–Trinajstić information content (AvgIpc) is 2.88. The van der Waals surface area contributed by atoms with Crippen LogP contribution in [0, 0.1) is 5.92 Å². The van der Waals surface area contributed by atoms with Gasteiger partial charge in [0.05, 0.1) is 0 Å². The monoisotopic (exact) mass is 271 g/mol. The van der Waals surface area contributed by atoms with Crippen LogP contribution in [0.3, 0.4) is 0 Å². The molecule has 0 saturated carbocycles. The Morgan fingerprint density at radius 1 is 1.25 bits per heavy atom. The van der Waals surface area contributed by atoms with Crippen LogP contribution in [-0.4, -0.2) is 16.1 Å². The SMILES string of the molecule is CCNC(c1ccccc1)C(C)CCc1nccn1C. The number of hydrogen-bond acceptors (Lipinski definition) is 2. The molecule has 108 valence electrons. The molecule has 0 saturated heterocycles. The first kappa shape index (κ1) is 14.8. The summed E-state index contributed by atoms with van der Waals surface area (Å²) >= 11 is 0. The number of nitrogens with one attached hydrogen (secondary N) is 1. The predicted molar refractivity (Wildman–Crippen MR) is 83.6 cm³/mol. The fourth-order valence-electron chi connectivity index (χ4n) is 2.69. The van der Waals surface area contributed by atoms with Gasteiger partial charge in [-0.1, -0.05) is 44.2 Å². The van der Waals surface area contributed by atoms with Crippen molar-refractivity contribution >= 4 is 0 Å². The second-order valence-electron chi connectivity index (χ2n) is 5.42. The number of imidazole rings is 1. The lowest BCUT2D eigenvalue weighted by Crippen LogP contribution is -2.27. The molecule has 0 aliphatic rings. The maximum absolute atomic E-state index is 4.41. The third-order valence-electron chi connectivity index (χ3n) is 3.90. The molecule has 2 aromatic rings. The van der Waals surface area contributed by atoms with Gasteiger partial charge in [0, 0.05) is 31.9 Å². The standard InChI is InChI=1S/C17H25N3/c1-4-18-17(15-8-6-5-7-9-15)14(2)10-11-16-19-12-13-20(16)3/h5-9,12-14,17-18H,4,10-11H2,1-3H3. The number of aryl methyl sites for hydroxylation is 2. The molecule has 3 nitrogen and oxygen atoms in total. The molecule has 2 atom stereocenters. The van der Waals surface area contributed by atoms with Crippen LogP contribution in [0.1, 0.15) is 37.7 Å². The lowest BCUT2D eigenvalue weighted by molar-refractivity contribution is 0.369. The second-order valence-corrected chi connectivity index (χ2v) is 5.42. The van der Waals surface area contributed by atoms with Crippen LogP contribution in [0.25, 0.3) is 0 Å². The zero-order valence-electron chi connectivity index (χ0n) is 12.7. The van der Waals surface area contributed by atoms with E-state index in [1.54, 1.807) is 0 Å². The molecule has 0 fully saturated rings. The number of nitrogens with zero attached hydrogens (tertiary/aromatic N) is 2. The van der Waals surface area contributed by atoms with E-state index >= 15 is 0 Å². The first-order valence-corrected chi connectivity index (χ1v) is 7.47. The van der Waals surface area contributed by atoms with Gasteiger partial charge in [0.15, 0.2) is 0 Å². The van der Waals surface area contributed by atoms with Crippen molar-refractivity contribution in [3.8, 4) is 0 Å². The van der Waals surface area contributed by atoms with E-state index in [0.29, 0.717) is 12.0 Å². The molecule has 0 radical (unpaired) electrons. The molecule has 0 aliphatic heterocycles. The number of benzene rings is 1. The Morgan fingerprint density at radius 2 is 2.00 bits per heavy atom. The summed E-state index contributed by atoms with van der Waals surface area (Å²) in [7, 11) is 2.06. The zero-order chi connectivity index (χ0) is 14.4. The maximum Gasteiger partial charge on any atom is 0.108 e. The minimum Gasteiger partial charge on any atom is -0.338 e. The predicted octanol–water partition coefficient (Wildman–Crippen LogP) is 3.34. The smallest absolute Gasteiger partial charge is 0.108 e. The van der Waals surface area contributed by atoms with Crippen molar-refractivity contribution in [2.24, 2.45) is 13.0 Å². The molecule has 2 rings (SSSR count). The molecular formula is C17H25N3. The topological polar surface area (TPSA) is 29.9 Å². The van der Waals surface area contributed by atoms with E-state index in [0.717, 1.165) is 19.4 Å². The van der Waals surface area contributed by atoms with Gasteiger partial charge in [0.1, 0.15) is 5.82 Å². The minimum absolute atomic E-state index is 0.418. The van der Waals surface area contributed by atoms with E-state index in [2.05, 4.69) is 66.1 Å². The van der Waals surface area contributed by atoms with Crippen LogP contribution in [0.15, 0.2) is 42.7 Å². The van der Waals surface area contributed by atoms with Gasteiger partial charge in [-0.25, -0.2) is 4.98 Å². The van der Waals surface area contributed by atoms with Crippen molar-refractivity contribution in [1.29, 1.82) is 0 Å². The zero-order valence-corrected chi connectivity index (χ0v) is 12.7. The quantitative estimate of drug-likeness (QED) is 0.837. The Bertz CT molecular complexity index is 504. The molecule has 3 heteroatoms. The fourth-order valence-corrected chi connectivity index (χ4v) is 2.69. The van der Waals surface area contributed by atoms with Gasteiger partial charge in [0.25, 0.3) is 0 Å². The Labute approximate surface area is 122 Å². The Balaban J connectivity index is 2.00. The van der Waals surface area contributed by atoms with E-state index in [1.165, 1.54) is 11.4 Å². The van der Waals surface area contributed by atoms with Crippen LogP contribution in [0.4, 0.5) is 0 Å². The van der Waals surface area contributed by atoms with Gasteiger partial charge in [-0.15, -0.1) is 0 Å². The third kappa shape index (κ3) is 3.70. The van der Waals surface area contributed by atoms with E-state index in [4.69, 9.17) is 0 Å². The molecule has 1 aromatic carbocycles. The highest BCUT2D eigenvalue weighted by atomic mass is 15.0. The molecule has 1 N–H and O–H groups in total. The van der Waals surface area contributed by atoms with Crippen LogP contribution in [0.5, 0.6) is 0 Å². The summed E-state index contributed by atoms with van der Waals surface area (Å²) in [6.45, 7) is 5.48. The Kier molecular flexibility index (Phi) is 5.36. The summed E-state index contributed by atoms with van der Waals surface area (Å²) in [4.78, 5) is 4.41. The van der Waals surface area contributed by atoms with E-state index < -0.39 is 0 Å². The third-order valence-corrected chi connectivity index (χ3v) is 3.90. The summed E-state index contributed by atoms with van der Waals surface area (Å²) < 4.78 is 2.11. The van der Waals surface area contributed by atoms with Crippen molar-refractivity contribution < 1.29 is 0 Å². The number of rotatable bonds is 7. The van der Waals surface area contributed by atoms with Crippen LogP contribution >= 0.6 is 0 Å². The highest BCUT2D eigenvalue weighted by molar-refractivity contribution is 5.19. The largest absolute Gasteiger partial charge is 0.338 e. The second kappa shape index (κ2) is 7.25. The summed E-state index contributed by atoms with van der Waals surface area (Å²) in [5.41, 5.74) is 1.38. The van der Waals surface area contributed by atoms with E-state index in [1.807, 2.05) is 12.4 Å². The van der Waals surface area contributed by atoms with Gasteiger partial charge in [-0.2, -0.15) is 0 Å². The molecule has 20 heavy (non-hydrogen) atoms. The average molecular weight is 271 g/mol. The van der Waals surface area contributed by atoms with Gasteiger partial charge in [0.2, 0.25) is 0 Å². The first-order chi connectivity index (χ1) is 9.72. The van der Waals surface area contributed by atoms with Gasteiger partial charge < -0.3 is 9.88 Å². The van der Waals surface area contributed by atoms with Crippen LogP contribution in [0.2, 0.25) is 0 Å². The van der Waals surface area contributed by atoms with Crippen molar-refractivity contribution in [2.45, 2.75) is 32.7 Å². The van der Waals surface area contributed by atoms with Gasteiger partial charge in [-0.05, 0) is 24.4 Å². The number of aromatic nitrogens is 2. The fraction of sp³-hybridized carbons (Fsp3) is 0.471. The highest BCUT2D eigenvalue weighted by Gasteiger charge is 2.18. The Hall–Kier alpha value is -1.61. The van der Waals surface area contributed by atoms with Gasteiger partial charge in [-0.3, -0.25) is 0 Å². The normalized spacial score (nSPS) is 14.2. The molecule has 0 amide bonds. The lowest BCUT2D eigenvalue weighted by atomic mass is 9.90. The highest BCUT2D eigenvalue weighted by Crippen LogP contribution is 2.25. The van der Waals surface area contributed by atoms with Crippen molar-refractivity contribution in [2.75, 3.05) is 6.54 Å². The Morgan fingerprint density at radius 3 is 2.60 bits per heavy atom. The maximum atomic E-state index is 4.41. The van der Waals surface area contributed by atoms with Crippen molar-refractivity contribution in [3.05, 3.63) is 54.1 Å². The van der Waals surface area contributed by atoms with Crippen LogP contribution in [-0.2, 0) is 13.5 Å². The summed E-state index contributed by atoms with van der Waals surface area (Å²) in [5.74, 6) is 1.74. The van der Waals surface area contributed by atoms with Crippen molar-refractivity contribution in [3.63, 3.8) is 0 Å². The summed E-state index contributed by atoms with van der Waals surface area (Å²) in [6.07, 6.45) is 6.05.